The molecular formula is C20H17F2NO4S. The standard InChI is InChI=1S/C20H17F2NO4S/c1-11-6-7-12(21)8-15(11)23-17(24)10-27-20(25)19-13(9-26-2)18-14(22)4-3-5-16(18)28-19/h3-8H,9-10H2,1-2H3,(H,23,24). The van der Waals surface area contributed by atoms with Crippen molar-refractivity contribution in [1.82, 2.24) is 0 Å². The largest absolute Gasteiger partial charge is 0.451 e. The van der Waals surface area contributed by atoms with Gasteiger partial charge in [0.15, 0.2) is 6.61 Å². The van der Waals surface area contributed by atoms with Crippen molar-refractivity contribution in [3.63, 3.8) is 0 Å². The van der Waals surface area contributed by atoms with Gasteiger partial charge in [0, 0.05) is 28.4 Å². The molecule has 0 aliphatic rings. The first-order valence-electron chi connectivity index (χ1n) is 8.32. The van der Waals surface area contributed by atoms with E-state index in [-0.39, 0.29) is 11.5 Å². The SMILES string of the molecule is COCc1c(C(=O)OCC(=O)Nc2cc(F)ccc2C)sc2cccc(F)c12. The van der Waals surface area contributed by atoms with Crippen LogP contribution in [0.4, 0.5) is 14.5 Å². The van der Waals surface area contributed by atoms with Gasteiger partial charge in [0.25, 0.3) is 5.91 Å². The summed E-state index contributed by atoms with van der Waals surface area (Å²) in [6.07, 6.45) is 0. The number of carbonyl (C=O) groups is 2. The normalized spacial score (nSPS) is 10.9. The van der Waals surface area contributed by atoms with Crippen molar-refractivity contribution in [3.05, 3.63) is 64.0 Å². The maximum absolute atomic E-state index is 14.2. The number of hydrogen-bond acceptors (Lipinski definition) is 5. The van der Waals surface area contributed by atoms with Crippen LogP contribution in [-0.2, 0) is 20.9 Å². The zero-order chi connectivity index (χ0) is 20.3. The number of ether oxygens (including phenoxy) is 2. The van der Waals surface area contributed by atoms with Crippen molar-refractivity contribution in [1.29, 1.82) is 0 Å². The number of thiophene rings is 1. The predicted octanol–water partition coefficient (Wildman–Crippen LogP) is 4.43. The molecule has 0 spiro atoms. The summed E-state index contributed by atoms with van der Waals surface area (Å²) >= 11 is 1.07. The first kappa shape index (κ1) is 19.9. The lowest BCUT2D eigenvalue weighted by molar-refractivity contribution is -0.119. The van der Waals surface area contributed by atoms with E-state index in [2.05, 4.69) is 5.32 Å². The molecule has 0 radical (unpaired) electrons. The lowest BCUT2D eigenvalue weighted by Crippen LogP contribution is -2.21. The lowest BCUT2D eigenvalue weighted by Gasteiger charge is -2.09. The number of hydrogen-bond donors (Lipinski definition) is 1. The fraction of sp³-hybridized carbons (Fsp3) is 0.200. The third-order valence-corrected chi connectivity index (χ3v) is 5.22. The van der Waals surface area contributed by atoms with Crippen LogP contribution in [0.2, 0.25) is 0 Å². The maximum atomic E-state index is 14.2. The number of methoxy groups -OCH3 is 1. The minimum absolute atomic E-state index is 0.0278. The Bertz CT molecular complexity index is 1050. The Kier molecular flexibility index (Phi) is 6.01. The molecule has 0 saturated carbocycles. The summed E-state index contributed by atoms with van der Waals surface area (Å²) < 4.78 is 38.2. The van der Waals surface area contributed by atoms with Crippen molar-refractivity contribution in [2.45, 2.75) is 13.5 Å². The number of rotatable bonds is 6. The number of amides is 1. The molecule has 1 N–H and O–H groups in total. The Balaban J connectivity index is 1.74. The van der Waals surface area contributed by atoms with Crippen molar-refractivity contribution in [2.75, 3.05) is 19.0 Å². The number of nitrogens with one attached hydrogen (secondary N) is 1. The van der Waals surface area contributed by atoms with Crippen LogP contribution in [0.1, 0.15) is 20.8 Å². The third-order valence-electron chi connectivity index (χ3n) is 4.05. The number of benzene rings is 2. The lowest BCUT2D eigenvalue weighted by atomic mass is 10.1. The first-order valence-corrected chi connectivity index (χ1v) is 9.14. The number of esters is 1. The number of fused-ring (bicyclic) bond motifs is 1. The Morgan fingerprint density at radius 2 is 1.96 bits per heavy atom. The average Bonchev–Trinajstić information content (AvgIpc) is 3.03. The Morgan fingerprint density at radius 3 is 2.71 bits per heavy atom. The van der Waals surface area contributed by atoms with E-state index in [4.69, 9.17) is 9.47 Å². The van der Waals surface area contributed by atoms with Gasteiger partial charge in [-0.05, 0) is 36.8 Å². The minimum Gasteiger partial charge on any atom is -0.451 e. The zero-order valence-electron chi connectivity index (χ0n) is 15.2. The van der Waals surface area contributed by atoms with Crippen LogP contribution >= 0.6 is 11.3 Å². The summed E-state index contributed by atoms with van der Waals surface area (Å²) in [5, 5.41) is 2.80. The van der Waals surface area contributed by atoms with Crippen molar-refractivity contribution < 1.29 is 27.8 Å². The molecule has 2 aromatic carbocycles. The van der Waals surface area contributed by atoms with E-state index in [0.717, 1.165) is 11.3 Å². The van der Waals surface area contributed by atoms with Gasteiger partial charge >= 0.3 is 5.97 Å². The molecule has 0 saturated heterocycles. The molecular weight excluding hydrogens is 388 g/mol. The maximum Gasteiger partial charge on any atom is 0.349 e. The van der Waals surface area contributed by atoms with Gasteiger partial charge in [0.2, 0.25) is 0 Å². The molecule has 3 aromatic rings. The topological polar surface area (TPSA) is 64.6 Å². The second-order valence-electron chi connectivity index (χ2n) is 6.04. The van der Waals surface area contributed by atoms with E-state index in [0.29, 0.717) is 26.9 Å². The van der Waals surface area contributed by atoms with Crippen molar-refractivity contribution in [3.8, 4) is 0 Å². The van der Waals surface area contributed by atoms with Crippen LogP contribution in [0.5, 0.6) is 0 Å². The van der Waals surface area contributed by atoms with E-state index in [1.807, 2.05) is 0 Å². The molecule has 0 bridgehead atoms. The van der Waals surface area contributed by atoms with E-state index >= 15 is 0 Å². The molecule has 0 unspecified atom stereocenters. The van der Waals surface area contributed by atoms with Gasteiger partial charge in [0.1, 0.15) is 16.5 Å². The summed E-state index contributed by atoms with van der Waals surface area (Å²) in [6.45, 7) is 1.18. The molecule has 8 heteroatoms. The molecule has 0 fully saturated rings. The first-order chi connectivity index (χ1) is 13.4. The monoisotopic (exact) mass is 405 g/mol. The minimum atomic E-state index is -0.751. The smallest absolute Gasteiger partial charge is 0.349 e. The van der Waals surface area contributed by atoms with E-state index in [1.165, 1.54) is 31.4 Å². The Labute approximate surface area is 163 Å². The average molecular weight is 405 g/mol. The molecule has 0 atom stereocenters. The second kappa shape index (κ2) is 8.45. The van der Waals surface area contributed by atoms with Crippen LogP contribution in [0, 0.1) is 18.6 Å². The summed E-state index contributed by atoms with van der Waals surface area (Å²) in [6, 6.07) is 8.54. The van der Waals surface area contributed by atoms with Crippen LogP contribution in [0.3, 0.4) is 0 Å². The van der Waals surface area contributed by atoms with Gasteiger partial charge in [-0.2, -0.15) is 0 Å². The van der Waals surface area contributed by atoms with Gasteiger partial charge in [-0.15, -0.1) is 11.3 Å². The van der Waals surface area contributed by atoms with E-state index in [1.54, 1.807) is 19.1 Å². The van der Waals surface area contributed by atoms with Crippen LogP contribution in [0.25, 0.3) is 10.1 Å². The van der Waals surface area contributed by atoms with Crippen LogP contribution < -0.4 is 5.32 Å². The van der Waals surface area contributed by atoms with Gasteiger partial charge in [-0.25, -0.2) is 13.6 Å². The highest BCUT2D eigenvalue weighted by molar-refractivity contribution is 7.21. The molecule has 5 nitrogen and oxygen atoms in total. The van der Waals surface area contributed by atoms with Gasteiger partial charge < -0.3 is 14.8 Å². The predicted molar refractivity (Wildman–Crippen MR) is 103 cm³/mol. The molecule has 0 aliphatic heterocycles. The number of carbonyl (C=O) groups excluding carboxylic acids is 2. The molecule has 1 heterocycles. The van der Waals surface area contributed by atoms with Crippen molar-refractivity contribution >= 4 is 39.0 Å². The van der Waals surface area contributed by atoms with Gasteiger partial charge in [-0.1, -0.05) is 12.1 Å². The Hall–Kier alpha value is -2.84. The second-order valence-corrected chi connectivity index (χ2v) is 7.09. The highest BCUT2D eigenvalue weighted by atomic mass is 32.1. The Morgan fingerprint density at radius 1 is 1.18 bits per heavy atom. The molecule has 146 valence electrons. The number of halogens is 2. The molecule has 3 rings (SSSR count). The third kappa shape index (κ3) is 4.18. The highest BCUT2D eigenvalue weighted by Crippen LogP contribution is 2.34. The molecule has 28 heavy (non-hydrogen) atoms. The quantitative estimate of drug-likeness (QED) is 0.616. The van der Waals surface area contributed by atoms with Gasteiger partial charge in [0.05, 0.1) is 6.61 Å². The van der Waals surface area contributed by atoms with Crippen LogP contribution in [-0.4, -0.2) is 25.6 Å². The molecule has 0 aliphatic carbocycles. The summed E-state index contributed by atoms with van der Waals surface area (Å²) in [5.74, 6) is -2.31. The van der Waals surface area contributed by atoms with Crippen LogP contribution in [0.15, 0.2) is 36.4 Å². The summed E-state index contributed by atoms with van der Waals surface area (Å²) in [7, 11) is 1.44. The molecule has 1 amide bonds. The number of anilines is 1. The van der Waals surface area contributed by atoms with Gasteiger partial charge in [-0.3, -0.25) is 4.79 Å². The zero-order valence-corrected chi connectivity index (χ0v) is 16.0. The number of aryl methyl sites for hydroxylation is 1. The summed E-state index contributed by atoms with van der Waals surface area (Å²) in [5.41, 5.74) is 1.35. The highest BCUT2D eigenvalue weighted by Gasteiger charge is 2.22. The fourth-order valence-electron chi connectivity index (χ4n) is 2.73. The summed E-state index contributed by atoms with van der Waals surface area (Å²) in [4.78, 5) is 24.7. The fourth-order valence-corrected chi connectivity index (χ4v) is 3.84. The van der Waals surface area contributed by atoms with Crippen molar-refractivity contribution in [2.24, 2.45) is 0 Å². The van der Waals surface area contributed by atoms with E-state index in [9.17, 15) is 18.4 Å². The molecule has 1 aromatic heterocycles. The van der Waals surface area contributed by atoms with E-state index < -0.39 is 30.1 Å².